The number of ether oxygens (including phenoxy) is 1. The number of hydrogen-bond acceptors (Lipinski definition) is 3. The fraction of sp³-hybridized carbons (Fsp3) is 0.300. The van der Waals surface area contributed by atoms with Crippen LogP contribution in [0, 0.1) is 5.82 Å². The van der Waals surface area contributed by atoms with Gasteiger partial charge < -0.3 is 4.74 Å². The second-order valence-corrected chi connectivity index (χ2v) is 3.17. The number of halogens is 4. The Labute approximate surface area is 99.4 Å². The first-order valence-electron chi connectivity index (χ1n) is 4.72. The van der Waals surface area contributed by atoms with Crippen molar-refractivity contribution >= 4 is 5.91 Å². The van der Waals surface area contributed by atoms with Gasteiger partial charge in [0.15, 0.2) is 13.2 Å². The summed E-state index contributed by atoms with van der Waals surface area (Å²) in [6.07, 6.45) is -4.52. The zero-order chi connectivity index (χ0) is 13.6. The van der Waals surface area contributed by atoms with Crippen LogP contribution in [0.5, 0.6) is 5.75 Å². The van der Waals surface area contributed by atoms with Gasteiger partial charge in [-0.2, -0.15) is 13.2 Å². The van der Waals surface area contributed by atoms with Gasteiger partial charge in [0.2, 0.25) is 0 Å². The van der Waals surface area contributed by atoms with Crippen molar-refractivity contribution in [3.63, 3.8) is 0 Å². The highest BCUT2D eigenvalue weighted by Crippen LogP contribution is 2.13. The molecule has 0 radical (unpaired) electrons. The van der Waals surface area contributed by atoms with E-state index in [-0.39, 0.29) is 5.75 Å². The van der Waals surface area contributed by atoms with Gasteiger partial charge in [-0.05, 0) is 24.3 Å². The van der Waals surface area contributed by atoms with E-state index in [1.165, 1.54) is 12.1 Å². The first-order chi connectivity index (χ1) is 8.37. The minimum Gasteiger partial charge on any atom is -0.484 e. The Hall–Kier alpha value is -1.83. The number of carbonyl (C=O) groups is 1. The molecule has 0 spiro atoms. The molecule has 0 aliphatic carbocycles. The minimum absolute atomic E-state index is 0.211. The van der Waals surface area contributed by atoms with E-state index in [9.17, 15) is 22.4 Å². The molecule has 1 aromatic carbocycles. The van der Waals surface area contributed by atoms with Crippen molar-refractivity contribution in [2.75, 3.05) is 13.2 Å². The van der Waals surface area contributed by atoms with E-state index in [1.807, 2.05) is 0 Å². The van der Waals surface area contributed by atoms with Crippen LogP contribution in [-0.2, 0) is 9.63 Å². The summed E-state index contributed by atoms with van der Waals surface area (Å²) in [5.74, 6) is -1.15. The van der Waals surface area contributed by atoms with Crippen LogP contribution in [-0.4, -0.2) is 25.3 Å². The Morgan fingerprint density at radius 2 is 1.83 bits per heavy atom. The highest BCUT2D eigenvalue weighted by molar-refractivity contribution is 5.76. The molecule has 1 amide bonds. The number of carbonyl (C=O) groups excluding carboxylic acids is 1. The normalized spacial score (nSPS) is 11.1. The maximum absolute atomic E-state index is 12.5. The fourth-order valence-corrected chi connectivity index (χ4v) is 0.908. The third-order valence-electron chi connectivity index (χ3n) is 1.61. The van der Waals surface area contributed by atoms with Crippen LogP contribution in [0.15, 0.2) is 24.3 Å². The summed E-state index contributed by atoms with van der Waals surface area (Å²) in [6.45, 7) is -2.13. The lowest BCUT2D eigenvalue weighted by Crippen LogP contribution is -2.32. The van der Waals surface area contributed by atoms with Crippen LogP contribution in [0.3, 0.4) is 0 Å². The van der Waals surface area contributed by atoms with Gasteiger partial charge in [-0.3, -0.25) is 9.63 Å². The van der Waals surface area contributed by atoms with E-state index in [1.54, 1.807) is 5.48 Å². The monoisotopic (exact) mass is 267 g/mol. The maximum Gasteiger partial charge on any atom is 0.414 e. The molecule has 0 bridgehead atoms. The maximum atomic E-state index is 12.5. The summed E-state index contributed by atoms with van der Waals surface area (Å²) < 4.78 is 52.3. The topological polar surface area (TPSA) is 47.6 Å². The lowest BCUT2D eigenvalue weighted by atomic mass is 10.3. The molecule has 18 heavy (non-hydrogen) atoms. The quantitative estimate of drug-likeness (QED) is 0.654. The SMILES string of the molecule is O=C(COc1ccc(F)cc1)NOCC(F)(F)F. The van der Waals surface area contributed by atoms with Crippen molar-refractivity contribution in [1.29, 1.82) is 0 Å². The Bertz CT molecular complexity index is 391. The molecule has 0 heterocycles. The van der Waals surface area contributed by atoms with E-state index >= 15 is 0 Å². The molecule has 0 fully saturated rings. The molecule has 1 rings (SSSR count). The van der Waals surface area contributed by atoms with Crippen LogP contribution < -0.4 is 10.2 Å². The average molecular weight is 267 g/mol. The molecule has 8 heteroatoms. The van der Waals surface area contributed by atoms with Crippen molar-refractivity contribution in [1.82, 2.24) is 5.48 Å². The molecule has 0 aliphatic heterocycles. The zero-order valence-electron chi connectivity index (χ0n) is 8.96. The standard InChI is InChI=1S/C10H9F4NO3/c11-7-1-3-8(4-2-7)17-5-9(16)15-18-6-10(12,13)14/h1-4H,5-6H2,(H,15,16). The Morgan fingerprint density at radius 1 is 1.22 bits per heavy atom. The summed E-state index contributed by atoms with van der Waals surface area (Å²) >= 11 is 0. The molecule has 0 unspecified atom stereocenters. The van der Waals surface area contributed by atoms with Gasteiger partial charge in [-0.1, -0.05) is 0 Å². The number of nitrogens with one attached hydrogen (secondary N) is 1. The molecule has 0 saturated heterocycles. The van der Waals surface area contributed by atoms with E-state index in [2.05, 4.69) is 4.84 Å². The van der Waals surface area contributed by atoms with E-state index in [4.69, 9.17) is 4.74 Å². The molecule has 1 N–H and O–H groups in total. The summed E-state index contributed by atoms with van der Waals surface area (Å²) in [7, 11) is 0. The molecular weight excluding hydrogens is 258 g/mol. The fourth-order valence-electron chi connectivity index (χ4n) is 0.908. The Balaban J connectivity index is 2.23. The number of alkyl halides is 3. The molecule has 0 saturated carbocycles. The van der Waals surface area contributed by atoms with Crippen LogP contribution >= 0.6 is 0 Å². The summed E-state index contributed by atoms with van der Waals surface area (Å²) in [5, 5.41) is 0. The van der Waals surface area contributed by atoms with E-state index < -0.39 is 31.1 Å². The molecule has 0 aromatic heterocycles. The summed E-state index contributed by atoms with van der Waals surface area (Å²) in [6, 6.07) is 4.79. The van der Waals surface area contributed by atoms with Crippen LogP contribution in [0.2, 0.25) is 0 Å². The summed E-state index contributed by atoms with van der Waals surface area (Å²) in [5.41, 5.74) is 1.56. The lowest BCUT2D eigenvalue weighted by molar-refractivity contribution is -0.192. The smallest absolute Gasteiger partial charge is 0.414 e. The number of benzene rings is 1. The van der Waals surface area contributed by atoms with Gasteiger partial charge in [-0.15, -0.1) is 0 Å². The van der Waals surface area contributed by atoms with Gasteiger partial charge in [-0.25, -0.2) is 9.87 Å². The lowest BCUT2D eigenvalue weighted by Gasteiger charge is -2.09. The average Bonchev–Trinajstić information content (AvgIpc) is 2.26. The van der Waals surface area contributed by atoms with Crippen molar-refractivity contribution in [3.8, 4) is 5.75 Å². The van der Waals surface area contributed by atoms with Crippen molar-refractivity contribution in [3.05, 3.63) is 30.1 Å². The van der Waals surface area contributed by atoms with Gasteiger partial charge in [0.1, 0.15) is 11.6 Å². The Kier molecular flexibility index (Phi) is 4.90. The first-order valence-corrected chi connectivity index (χ1v) is 4.72. The van der Waals surface area contributed by atoms with E-state index in [0.717, 1.165) is 12.1 Å². The van der Waals surface area contributed by atoms with Gasteiger partial charge >= 0.3 is 6.18 Å². The van der Waals surface area contributed by atoms with Crippen molar-refractivity contribution < 1.29 is 31.9 Å². The van der Waals surface area contributed by atoms with Crippen LogP contribution in [0.25, 0.3) is 0 Å². The van der Waals surface area contributed by atoms with Gasteiger partial charge in [0.05, 0.1) is 0 Å². The predicted octanol–water partition coefficient (Wildman–Crippen LogP) is 1.81. The third kappa shape index (κ3) is 6.04. The highest BCUT2D eigenvalue weighted by Gasteiger charge is 2.28. The predicted molar refractivity (Wildman–Crippen MR) is 52.0 cm³/mol. The van der Waals surface area contributed by atoms with Crippen molar-refractivity contribution in [2.24, 2.45) is 0 Å². The molecule has 1 aromatic rings. The number of hydrogen-bond donors (Lipinski definition) is 1. The van der Waals surface area contributed by atoms with Gasteiger partial charge in [0, 0.05) is 0 Å². The second-order valence-electron chi connectivity index (χ2n) is 3.17. The first kappa shape index (κ1) is 14.2. The van der Waals surface area contributed by atoms with Gasteiger partial charge in [0.25, 0.3) is 5.91 Å². The second kappa shape index (κ2) is 6.20. The molecule has 0 atom stereocenters. The van der Waals surface area contributed by atoms with E-state index in [0.29, 0.717) is 0 Å². The van der Waals surface area contributed by atoms with Crippen LogP contribution in [0.1, 0.15) is 0 Å². The molecule has 4 nitrogen and oxygen atoms in total. The minimum atomic E-state index is -4.52. The van der Waals surface area contributed by atoms with Crippen molar-refractivity contribution in [2.45, 2.75) is 6.18 Å². The van der Waals surface area contributed by atoms with Crippen LogP contribution in [0.4, 0.5) is 17.6 Å². The largest absolute Gasteiger partial charge is 0.484 e. The highest BCUT2D eigenvalue weighted by atomic mass is 19.4. The number of hydroxylamine groups is 1. The number of amides is 1. The molecule has 0 aliphatic rings. The third-order valence-corrected chi connectivity index (χ3v) is 1.61. The molecular formula is C10H9F4NO3. The zero-order valence-corrected chi connectivity index (χ0v) is 8.96. The molecule has 100 valence electrons. The summed E-state index contributed by atoms with van der Waals surface area (Å²) in [4.78, 5) is 14.9. The Morgan fingerprint density at radius 3 is 2.39 bits per heavy atom. The number of rotatable bonds is 5.